The van der Waals surface area contributed by atoms with Crippen molar-refractivity contribution in [2.45, 2.75) is 26.3 Å². The number of carbonyl (C=O) groups is 1. The number of esters is 1. The summed E-state index contributed by atoms with van der Waals surface area (Å²) in [5.74, 6) is -0.278. The molecule has 0 bridgehead atoms. The molecule has 0 saturated carbocycles. The number of pyridine rings is 1. The van der Waals surface area contributed by atoms with Crippen molar-refractivity contribution >= 4 is 22.4 Å². The zero-order valence-corrected chi connectivity index (χ0v) is 12.4. The van der Waals surface area contributed by atoms with Gasteiger partial charge >= 0.3 is 5.97 Å². The lowest BCUT2D eigenvalue weighted by Gasteiger charge is -2.06. The van der Waals surface area contributed by atoms with Crippen LogP contribution in [0.25, 0.3) is 0 Å². The van der Waals surface area contributed by atoms with Gasteiger partial charge in [-0.05, 0) is 18.1 Å². The average molecular weight is 291 g/mol. The number of aryl methyl sites for hydroxylation is 1. The van der Waals surface area contributed by atoms with Gasteiger partial charge in [-0.1, -0.05) is 13.0 Å². The van der Waals surface area contributed by atoms with Crippen molar-refractivity contribution in [1.82, 2.24) is 9.97 Å². The average Bonchev–Trinajstić information content (AvgIpc) is 2.92. The number of hydrogen-bond acceptors (Lipinski definition) is 6. The molecule has 6 heteroatoms. The largest absolute Gasteiger partial charge is 0.469 e. The summed E-state index contributed by atoms with van der Waals surface area (Å²) in [4.78, 5) is 19.9. The third-order valence-electron chi connectivity index (χ3n) is 2.88. The molecule has 2 rings (SSSR count). The predicted molar refractivity (Wildman–Crippen MR) is 78.8 cm³/mol. The Morgan fingerprint density at radius 3 is 3.10 bits per heavy atom. The van der Waals surface area contributed by atoms with Gasteiger partial charge in [0.1, 0.15) is 0 Å². The number of nitrogens with one attached hydrogen (secondary N) is 1. The molecule has 0 unspecified atom stereocenters. The number of hydrogen-bond donors (Lipinski definition) is 1. The first-order valence-corrected chi connectivity index (χ1v) is 7.28. The molecule has 0 spiro atoms. The number of methoxy groups -OCH3 is 1. The molecule has 2 aromatic rings. The molecule has 0 aromatic carbocycles. The van der Waals surface area contributed by atoms with E-state index in [4.69, 9.17) is 0 Å². The molecule has 20 heavy (non-hydrogen) atoms. The van der Waals surface area contributed by atoms with Gasteiger partial charge in [-0.2, -0.15) is 0 Å². The molecule has 2 heterocycles. The van der Waals surface area contributed by atoms with Gasteiger partial charge in [-0.3, -0.25) is 9.78 Å². The Bertz CT molecular complexity index is 583. The van der Waals surface area contributed by atoms with Crippen molar-refractivity contribution in [1.29, 1.82) is 0 Å². The molecule has 0 amide bonds. The molecular weight excluding hydrogens is 274 g/mol. The normalized spacial score (nSPS) is 10.3. The quantitative estimate of drug-likeness (QED) is 0.828. The van der Waals surface area contributed by atoms with Gasteiger partial charge in [0.25, 0.3) is 0 Å². The van der Waals surface area contributed by atoms with Crippen LogP contribution in [-0.2, 0) is 28.9 Å². The lowest BCUT2D eigenvalue weighted by atomic mass is 10.1. The summed E-state index contributed by atoms with van der Waals surface area (Å²) in [6, 6.07) is 4.02. The third kappa shape index (κ3) is 3.77. The van der Waals surface area contributed by atoms with Crippen LogP contribution in [0.5, 0.6) is 0 Å². The number of ether oxygens (including phenoxy) is 1. The van der Waals surface area contributed by atoms with Gasteiger partial charge in [0.2, 0.25) is 0 Å². The second-order valence-electron chi connectivity index (χ2n) is 4.21. The van der Waals surface area contributed by atoms with Gasteiger partial charge in [0, 0.05) is 11.6 Å². The highest BCUT2D eigenvalue weighted by atomic mass is 32.1. The number of anilines is 1. The standard InChI is InChI=1S/C14H17N3O2S/c1-3-10-5-4-6-15-12(10)8-16-14-17-11(9-20-14)7-13(18)19-2/h4-6,9H,3,7-8H2,1-2H3,(H,16,17). The highest BCUT2D eigenvalue weighted by Crippen LogP contribution is 2.17. The van der Waals surface area contributed by atoms with E-state index in [1.165, 1.54) is 24.0 Å². The molecule has 0 aliphatic rings. The minimum absolute atomic E-state index is 0.207. The van der Waals surface area contributed by atoms with E-state index in [2.05, 4.69) is 33.0 Å². The van der Waals surface area contributed by atoms with Crippen LogP contribution < -0.4 is 5.32 Å². The highest BCUT2D eigenvalue weighted by Gasteiger charge is 2.08. The number of thiazole rings is 1. The van der Waals surface area contributed by atoms with Gasteiger partial charge in [-0.15, -0.1) is 11.3 Å². The molecule has 2 aromatic heterocycles. The lowest BCUT2D eigenvalue weighted by Crippen LogP contribution is -2.06. The molecule has 0 aliphatic heterocycles. The minimum atomic E-state index is -0.278. The van der Waals surface area contributed by atoms with Gasteiger partial charge < -0.3 is 10.1 Å². The molecule has 0 fully saturated rings. The van der Waals surface area contributed by atoms with Crippen LogP contribution in [0.3, 0.4) is 0 Å². The first-order valence-electron chi connectivity index (χ1n) is 6.40. The summed E-state index contributed by atoms with van der Waals surface area (Å²) in [5, 5.41) is 5.89. The Hall–Kier alpha value is -1.95. The van der Waals surface area contributed by atoms with E-state index in [0.29, 0.717) is 6.54 Å². The van der Waals surface area contributed by atoms with E-state index in [-0.39, 0.29) is 12.4 Å². The Kier molecular flexibility index (Phi) is 5.06. The fourth-order valence-corrected chi connectivity index (χ4v) is 2.51. The van der Waals surface area contributed by atoms with Crippen LogP contribution in [0.15, 0.2) is 23.7 Å². The Labute approximate surface area is 122 Å². The number of rotatable bonds is 6. The molecule has 0 radical (unpaired) electrons. The van der Waals surface area contributed by atoms with E-state index in [0.717, 1.165) is 22.9 Å². The minimum Gasteiger partial charge on any atom is -0.469 e. The van der Waals surface area contributed by atoms with Crippen molar-refractivity contribution in [3.8, 4) is 0 Å². The summed E-state index contributed by atoms with van der Waals surface area (Å²) in [7, 11) is 1.38. The molecule has 0 atom stereocenters. The zero-order valence-electron chi connectivity index (χ0n) is 11.5. The zero-order chi connectivity index (χ0) is 14.4. The van der Waals surface area contributed by atoms with Crippen LogP contribution in [0, 0.1) is 0 Å². The molecule has 0 aliphatic carbocycles. The van der Waals surface area contributed by atoms with E-state index in [1.54, 1.807) is 6.20 Å². The molecule has 1 N–H and O–H groups in total. The fraction of sp³-hybridized carbons (Fsp3) is 0.357. The first kappa shape index (κ1) is 14.5. The summed E-state index contributed by atoms with van der Waals surface area (Å²) in [5.41, 5.74) is 2.98. The Morgan fingerprint density at radius 1 is 1.50 bits per heavy atom. The Balaban J connectivity index is 1.96. The summed E-state index contributed by atoms with van der Waals surface area (Å²) >= 11 is 1.48. The van der Waals surface area contributed by atoms with Crippen molar-refractivity contribution < 1.29 is 9.53 Å². The van der Waals surface area contributed by atoms with E-state index >= 15 is 0 Å². The molecule has 0 saturated heterocycles. The topological polar surface area (TPSA) is 64.1 Å². The van der Waals surface area contributed by atoms with E-state index in [9.17, 15) is 4.79 Å². The highest BCUT2D eigenvalue weighted by molar-refractivity contribution is 7.13. The van der Waals surface area contributed by atoms with Gasteiger partial charge in [0.15, 0.2) is 5.13 Å². The molecular formula is C14H17N3O2S. The van der Waals surface area contributed by atoms with Crippen LogP contribution in [0.2, 0.25) is 0 Å². The number of nitrogens with zero attached hydrogens (tertiary/aromatic N) is 2. The lowest BCUT2D eigenvalue weighted by molar-refractivity contribution is -0.139. The van der Waals surface area contributed by atoms with E-state index < -0.39 is 0 Å². The maximum absolute atomic E-state index is 11.2. The first-order chi connectivity index (χ1) is 9.72. The SMILES string of the molecule is CCc1cccnc1CNc1nc(CC(=O)OC)cs1. The van der Waals surface area contributed by atoms with Crippen molar-refractivity contribution in [2.24, 2.45) is 0 Å². The smallest absolute Gasteiger partial charge is 0.311 e. The van der Waals surface area contributed by atoms with Crippen molar-refractivity contribution in [3.63, 3.8) is 0 Å². The third-order valence-corrected chi connectivity index (χ3v) is 3.73. The maximum atomic E-state index is 11.2. The summed E-state index contributed by atoms with van der Waals surface area (Å²) < 4.78 is 4.62. The number of aromatic nitrogens is 2. The monoisotopic (exact) mass is 291 g/mol. The van der Waals surface area contributed by atoms with Crippen LogP contribution in [-0.4, -0.2) is 23.0 Å². The fourth-order valence-electron chi connectivity index (χ4n) is 1.80. The van der Waals surface area contributed by atoms with Gasteiger partial charge in [-0.25, -0.2) is 4.98 Å². The van der Waals surface area contributed by atoms with Crippen LogP contribution >= 0.6 is 11.3 Å². The second kappa shape index (κ2) is 7.00. The van der Waals surface area contributed by atoms with Crippen LogP contribution in [0.4, 0.5) is 5.13 Å². The van der Waals surface area contributed by atoms with Crippen molar-refractivity contribution in [2.75, 3.05) is 12.4 Å². The summed E-state index contributed by atoms with van der Waals surface area (Å²) in [6.45, 7) is 2.74. The number of carbonyl (C=O) groups excluding carboxylic acids is 1. The molecule has 106 valence electrons. The summed E-state index contributed by atoms with van der Waals surface area (Å²) in [6.07, 6.45) is 2.95. The maximum Gasteiger partial charge on any atom is 0.311 e. The van der Waals surface area contributed by atoms with Crippen LogP contribution in [0.1, 0.15) is 23.9 Å². The van der Waals surface area contributed by atoms with E-state index in [1.807, 2.05) is 11.4 Å². The van der Waals surface area contributed by atoms with Gasteiger partial charge in [0.05, 0.1) is 31.5 Å². The molecule has 5 nitrogen and oxygen atoms in total. The second-order valence-corrected chi connectivity index (χ2v) is 5.07. The predicted octanol–water partition coefficient (Wildman–Crippen LogP) is 2.43. The van der Waals surface area contributed by atoms with Crippen molar-refractivity contribution in [3.05, 3.63) is 40.7 Å². The Morgan fingerprint density at radius 2 is 2.35 bits per heavy atom.